The van der Waals surface area contributed by atoms with Gasteiger partial charge in [-0.1, -0.05) is 30.3 Å². The predicted molar refractivity (Wildman–Crippen MR) is 129 cm³/mol. The van der Waals surface area contributed by atoms with Crippen molar-refractivity contribution >= 4 is 11.9 Å². The zero-order valence-electron chi connectivity index (χ0n) is 19.9. The Morgan fingerprint density at radius 3 is 2.09 bits per heavy atom. The number of likely N-dealkylation sites (tertiary alicyclic amines) is 2. The first-order chi connectivity index (χ1) is 16.1. The third-order valence-corrected chi connectivity index (χ3v) is 7.82. The molecule has 4 rings (SSSR count). The van der Waals surface area contributed by atoms with Crippen LogP contribution in [0.15, 0.2) is 30.3 Å². The molecule has 1 aromatic carbocycles. The lowest BCUT2D eigenvalue weighted by Gasteiger charge is -2.43. The second-order valence-corrected chi connectivity index (χ2v) is 10.1. The van der Waals surface area contributed by atoms with Gasteiger partial charge in [0.25, 0.3) is 0 Å². The summed E-state index contributed by atoms with van der Waals surface area (Å²) in [4.78, 5) is 32.9. The summed E-state index contributed by atoms with van der Waals surface area (Å²) in [6.07, 6.45) is 6.05. The number of carboxylic acid groups (broad SMARTS) is 1. The third kappa shape index (κ3) is 7.26. The minimum atomic E-state index is -0.750. The number of carbonyl (C=O) groups excluding carboxylic acids is 1. The number of piperazine rings is 1. The Labute approximate surface area is 198 Å². The lowest BCUT2D eigenvalue weighted by atomic mass is 9.92. The minimum absolute atomic E-state index is 0.141. The number of hydrogen-bond donors (Lipinski definition) is 1. The Balaban J connectivity index is 1.10. The molecule has 0 spiro atoms. The predicted octanol–water partition coefficient (Wildman–Crippen LogP) is 2.37. The topological polar surface area (TPSA) is 67.3 Å². The van der Waals surface area contributed by atoms with E-state index in [0.717, 1.165) is 78.2 Å². The quantitative estimate of drug-likeness (QED) is 0.648. The molecular weight excluding hydrogens is 416 g/mol. The minimum Gasteiger partial charge on any atom is -0.480 e. The van der Waals surface area contributed by atoms with E-state index in [1.165, 1.54) is 18.4 Å². The van der Waals surface area contributed by atoms with Crippen LogP contribution in [0.25, 0.3) is 0 Å². The van der Waals surface area contributed by atoms with Crippen molar-refractivity contribution in [3.63, 3.8) is 0 Å². The Kier molecular flexibility index (Phi) is 8.75. The summed E-state index contributed by atoms with van der Waals surface area (Å²) in [5.74, 6) is 0.113. The van der Waals surface area contributed by atoms with Crippen LogP contribution in [0, 0.1) is 5.92 Å². The Hall–Kier alpha value is -1.96. The highest BCUT2D eigenvalue weighted by Crippen LogP contribution is 2.23. The first-order valence-corrected chi connectivity index (χ1v) is 12.8. The van der Waals surface area contributed by atoms with Crippen LogP contribution in [-0.2, 0) is 16.1 Å². The molecule has 0 unspecified atom stereocenters. The van der Waals surface area contributed by atoms with E-state index in [1.54, 1.807) is 0 Å². The molecule has 0 aliphatic carbocycles. The molecule has 3 aliphatic heterocycles. The van der Waals surface area contributed by atoms with Gasteiger partial charge in [0, 0.05) is 45.2 Å². The van der Waals surface area contributed by atoms with Crippen molar-refractivity contribution in [2.75, 3.05) is 58.9 Å². The number of aliphatic carboxylic acids is 1. The number of rotatable bonds is 8. The van der Waals surface area contributed by atoms with Crippen LogP contribution in [0.1, 0.15) is 44.1 Å². The van der Waals surface area contributed by atoms with Crippen molar-refractivity contribution in [1.29, 1.82) is 0 Å². The highest BCUT2D eigenvalue weighted by atomic mass is 16.4. The van der Waals surface area contributed by atoms with Crippen molar-refractivity contribution < 1.29 is 14.7 Å². The lowest BCUT2D eigenvalue weighted by molar-refractivity contribution is -0.138. The molecule has 1 aromatic rings. The number of piperidine rings is 2. The molecule has 3 saturated heterocycles. The number of carboxylic acids is 1. The van der Waals surface area contributed by atoms with E-state index in [2.05, 4.69) is 45.0 Å². The van der Waals surface area contributed by atoms with E-state index < -0.39 is 5.97 Å². The summed E-state index contributed by atoms with van der Waals surface area (Å²) in [7, 11) is 0. The third-order valence-electron chi connectivity index (χ3n) is 7.82. The Morgan fingerprint density at radius 2 is 1.45 bits per heavy atom. The van der Waals surface area contributed by atoms with Crippen LogP contribution in [-0.4, -0.2) is 102 Å². The van der Waals surface area contributed by atoms with Crippen molar-refractivity contribution in [3.8, 4) is 0 Å². The molecule has 0 bridgehead atoms. The van der Waals surface area contributed by atoms with E-state index in [1.807, 2.05) is 4.90 Å². The molecule has 0 atom stereocenters. The van der Waals surface area contributed by atoms with Crippen LogP contribution in [0.2, 0.25) is 0 Å². The van der Waals surface area contributed by atoms with Gasteiger partial charge in [-0.25, -0.2) is 0 Å². The largest absolute Gasteiger partial charge is 0.480 e. The van der Waals surface area contributed by atoms with E-state index in [0.29, 0.717) is 24.3 Å². The Bertz CT molecular complexity index is 750. The molecule has 182 valence electrons. The molecule has 1 amide bonds. The van der Waals surface area contributed by atoms with Gasteiger partial charge in [0.05, 0.1) is 6.54 Å². The first kappa shape index (κ1) is 24.2. The number of benzene rings is 1. The molecular formula is C26H40N4O3. The summed E-state index contributed by atoms with van der Waals surface area (Å²) in [5, 5.41) is 8.92. The first-order valence-electron chi connectivity index (χ1n) is 12.8. The number of amides is 1. The van der Waals surface area contributed by atoms with Gasteiger partial charge in [-0.15, -0.1) is 0 Å². The molecule has 3 aliphatic rings. The molecule has 7 nitrogen and oxygen atoms in total. The van der Waals surface area contributed by atoms with Crippen LogP contribution in [0.3, 0.4) is 0 Å². The molecule has 0 aromatic heterocycles. The van der Waals surface area contributed by atoms with Gasteiger partial charge in [0.1, 0.15) is 0 Å². The normalized spacial score (nSPS) is 22.5. The van der Waals surface area contributed by atoms with E-state index in [4.69, 9.17) is 5.11 Å². The van der Waals surface area contributed by atoms with Crippen molar-refractivity contribution in [3.05, 3.63) is 35.9 Å². The molecule has 0 saturated carbocycles. The van der Waals surface area contributed by atoms with Crippen molar-refractivity contribution in [1.82, 2.24) is 19.6 Å². The fourth-order valence-electron chi connectivity index (χ4n) is 5.73. The Morgan fingerprint density at radius 1 is 0.818 bits per heavy atom. The van der Waals surface area contributed by atoms with Crippen molar-refractivity contribution in [2.24, 2.45) is 5.92 Å². The maximum atomic E-state index is 12.8. The van der Waals surface area contributed by atoms with E-state index >= 15 is 0 Å². The average Bonchev–Trinajstić information content (AvgIpc) is 2.84. The van der Waals surface area contributed by atoms with Gasteiger partial charge in [0.15, 0.2) is 0 Å². The smallest absolute Gasteiger partial charge is 0.317 e. The molecule has 1 N–H and O–H groups in total. The molecule has 33 heavy (non-hydrogen) atoms. The van der Waals surface area contributed by atoms with Crippen molar-refractivity contribution in [2.45, 2.75) is 51.1 Å². The fourth-order valence-corrected chi connectivity index (χ4v) is 5.73. The van der Waals surface area contributed by atoms with Crippen LogP contribution < -0.4 is 0 Å². The van der Waals surface area contributed by atoms with Gasteiger partial charge in [0.2, 0.25) is 5.91 Å². The molecule has 3 heterocycles. The standard InChI is InChI=1S/C26H40N4O3/c31-25(7-6-22-8-12-28(13-9-22)21-26(32)33)30-18-16-29(17-19-30)24-10-14-27(15-11-24)20-23-4-2-1-3-5-23/h1-5,22,24H,6-21H2,(H,32,33). The average molecular weight is 457 g/mol. The number of hydrogen-bond acceptors (Lipinski definition) is 5. The molecule has 0 radical (unpaired) electrons. The summed E-state index contributed by atoms with van der Waals surface area (Å²) in [5.41, 5.74) is 1.40. The van der Waals surface area contributed by atoms with E-state index in [-0.39, 0.29) is 6.54 Å². The van der Waals surface area contributed by atoms with E-state index in [9.17, 15) is 9.59 Å². The SMILES string of the molecule is O=C(O)CN1CCC(CCC(=O)N2CCN(C3CCN(Cc4ccccc4)CC3)CC2)CC1. The van der Waals surface area contributed by atoms with Crippen LogP contribution >= 0.6 is 0 Å². The van der Waals surface area contributed by atoms with Crippen LogP contribution in [0.5, 0.6) is 0 Å². The highest BCUT2D eigenvalue weighted by Gasteiger charge is 2.29. The summed E-state index contributed by atoms with van der Waals surface area (Å²) < 4.78 is 0. The van der Waals surface area contributed by atoms with Gasteiger partial charge in [-0.2, -0.15) is 0 Å². The summed E-state index contributed by atoms with van der Waals surface area (Å²) in [6.45, 7) is 8.91. The zero-order chi connectivity index (χ0) is 23.0. The second kappa shape index (κ2) is 12.0. The summed E-state index contributed by atoms with van der Waals surface area (Å²) in [6, 6.07) is 11.4. The van der Waals surface area contributed by atoms with Gasteiger partial charge < -0.3 is 10.0 Å². The van der Waals surface area contributed by atoms with Gasteiger partial charge in [-0.05, 0) is 69.8 Å². The monoisotopic (exact) mass is 456 g/mol. The maximum absolute atomic E-state index is 12.8. The van der Waals surface area contributed by atoms with Gasteiger partial charge in [-0.3, -0.25) is 24.3 Å². The maximum Gasteiger partial charge on any atom is 0.317 e. The summed E-state index contributed by atoms with van der Waals surface area (Å²) >= 11 is 0. The number of carbonyl (C=O) groups is 2. The van der Waals surface area contributed by atoms with Crippen LogP contribution in [0.4, 0.5) is 0 Å². The van der Waals surface area contributed by atoms with Gasteiger partial charge >= 0.3 is 5.97 Å². The number of nitrogens with zero attached hydrogens (tertiary/aromatic N) is 4. The molecule has 3 fully saturated rings. The zero-order valence-corrected chi connectivity index (χ0v) is 19.9. The lowest BCUT2D eigenvalue weighted by Crippen LogP contribution is -2.54. The fraction of sp³-hybridized carbons (Fsp3) is 0.692. The highest BCUT2D eigenvalue weighted by molar-refractivity contribution is 5.76. The second-order valence-electron chi connectivity index (χ2n) is 10.1. The molecule has 7 heteroatoms.